The number of hydrogen-bond acceptors (Lipinski definition) is 3. The molecule has 0 fully saturated rings. The topological polar surface area (TPSA) is 59.8 Å². The summed E-state index contributed by atoms with van der Waals surface area (Å²) >= 11 is 3.31. The van der Waals surface area contributed by atoms with Crippen LogP contribution in [-0.4, -0.2) is 20.7 Å². The molecule has 0 saturated heterocycles. The molecule has 124 valence electrons. The predicted octanol–water partition coefficient (Wildman–Crippen LogP) is 3.85. The number of pyridine rings is 1. The van der Waals surface area contributed by atoms with Gasteiger partial charge in [-0.3, -0.25) is 14.5 Å². The Morgan fingerprint density at radius 3 is 2.79 bits per heavy atom. The Morgan fingerprint density at radius 1 is 1.29 bits per heavy atom. The lowest BCUT2D eigenvalue weighted by molar-refractivity contribution is -0.141. The number of hydrogen-bond donors (Lipinski definition) is 1. The number of carbonyl (C=O) groups is 1. The fraction of sp³-hybridized carbons (Fsp3) is 0.133. The molecule has 0 radical (unpaired) electrons. The van der Waals surface area contributed by atoms with Crippen LogP contribution in [0.2, 0.25) is 0 Å². The summed E-state index contributed by atoms with van der Waals surface area (Å²) in [6.45, 7) is -0.325. The third kappa shape index (κ3) is 3.56. The molecule has 5 nitrogen and oxygen atoms in total. The summed E-state index contributed by atoms with van der Waals surface area (Å²) in [6, 6.07) is 7.84. The fourth-order valence-corrected chi connectivity index (χ4v) is 2.50. The summed E-state index contributed by atoms with van der Waals surface area (Å²) in [4.78, 5) is 16.3. The van der Waals surface area contributed by atoms with Crippen molar-refractivity contribution in [3.8, 4) is 0 Å². The van der Waals surface area contributed by atoms with Gasteiger partial charge in [-0.05, 0) is 40.2 Å². The summed E-state index contributed by atoms with van der Waals surface area (Å²) in [7, 11) is 0. The van der Waals surface area contributed by atoms with E-state index in [1.165, 1.54) is 0 Å². The van der Waals surface area contributed by atoms with E-state index in [1.807, 2.05) is 0 Å². The molecular weight excluding hydrogens is 389 g/mol. The summed E-state index contributed by atoms with van der Waals surface area (Å²) in [6.07, 6.45) is -1.78. The summed E-state index contributed by atoms with van der Waals surface area (Å²) in [5.41, 5.74) is 0.178. The summed E-state index contributed by atoms with van der Waals surface area (Å²) < 4.78 is 39.2. The van der Waals surface area contributed by atoms with E-state index in [0.29, 0.717) is 11.2 Å². The molecule has 0 unspecified atom stereocenters. The normalized spacial score (nSPS) is 11.7. The van der Waals surface area contributed by atoms with Crippen molar-refractivity contribution in [3.63, 3.8) is 0 Å². The lowest BCUT2D eigenvalue weighted by Gasteiger charge is -2.09. The Hall–Kier alpha value is -2.42. The van der Waals surface area contributed by atoms with Crippen LogP contribution in [0, 0.1) is 0 Å². The maximum absolute atomic E-state index is 12.5. The molecular formula is C15H10BrF3N4O. The van der Waals surface area contributed by atoms with E-state index in [9.17, 15) is 18.0 Å². The molecule has 0 aliphatic rings. The third-order valence-corrected chi connectivity index (χ3v) is 3.64. The van der Waals surface area contributed by atoms with Gasteiger partial charge in [0.25, 0.3) is 0 Å². The second-order valence-corrected chi connectivity index (χ2v) is 5.89. The van der Waals surface area contributed by atoms with Crippen molar-refractivity contribution in [2.75, 3.05) is 5.32 Å². The van der Waals surface area contributed by atoms with Crippen LogP contribution < -0.4 is 5.32 Å². The van der Waals surface area contributed by atoms with Crippen molar-refractivity contribution >= 4 is 38.4 Å². The predicted molar refractivity (Wildman–Crippen MR) is 85.3 cm³/mol. The number of halogens is 4. The number of anilines is 1. The van der Waals surface area contributed by atoms with Gasteiger partial charge in [-0.1, -0.05) is 6.07 Å². The number of nitrogens with one attached hydrogen (secondary N) is 1. The molecule has 9 heteroatoms. The van der Waals surface area contributed by atoms with E-state index in [-0.39, 0.29) is 6.54 Å². The van der Waals surface area contributed by atoms with Gasteiger partial charge >= 0.3 is 6.18 Å². The largest absolute Gasteiger partial charge is 0.435 e. The van der Waals surface area contributed by atoms with Gasteiger partial charge in [0.15, 0.2) is 5.69 Å². The highest BCUT2D eigenvalue weighted by Crippen LogP contribution is 2.27. The summed E-state index contributed by atoms with van der Waals surface area (Å²) in [5, 5.41) is 6.74. The lowest BCUT2D eigenvalue weighted by Crippen LogP contribution is -2.20. The first kappa shape index (κ1) is 16.4. The van der Waals surface area contributed by atoms with Gasteiger partial charge in [0, 0.05) is 22.3 Å². The van der Waals surface area contributed by atoms with Crippen LogP contribution in [0.4, 0.5) is 18.9 Å². The number of rotatable bonds is 3. The van der Waals surface area contributed by atoms with Gasteiger partial charge in [-0.15, -0.1) is 0 Å². The number of carbonyl (C=O) groups excluding carboxylic acids is 1. The highest BCUT2D eigenvalue weighted by atomic mass is 79.9. The second kappa shape index (κ2) is 6.23. The van der Waals surface area contributed by atoms with E-state index in [1.54, 1.807) is 30.5 Å². The average Bonchev–Trinajstić information content (AvgIpc) is 2.96. The van der Waals surface area contributed by atoms with Gasteiger partial charge in [0.2, 0.25) is 5.91 Å². The molecule has 2 heterocycles. The molecule has 1 amide bonds. The van der Waals surface area contributed by atoms with Crippen molar-refractivity contribution in [3.05, 3.63) is 52.9 Å². The Kier molecular flexibility index (Phi) is 4.27. The van der Waals surface area contributed by atoms with Gasteiger partial charge in [0.1, 0.15) is 6.54 Å². The van der Waals surface area contributed by atoms with Crippen LogP contribution in [0.15, 0.2) is 47.2 Å². The van der Waals surface area contributed by atoms with Gasteiger partial charge < -0.3 is 5.32 Å². The van der Waals surface area contributed by atoms with Gasteiger partial charge in [0.05, 0.1) is 11.2 Å². The molecule has 1 aromatic carbocycles. The number of fused-ring (bicyclic) bond motifs is 1. The smallest absolute Gasteiger partial charge is 0.324 e. The monoisotopic (exact) mass is 398 g/mol. The summed E-state index contributed by atoms with van der Waals surface area (Å²) in [5.74, 6) is -0.487. The molecule has 1 N–H and O–H groups in total. The SMILES string of the molecule is O=C(Cn1ccc(C(F)(F)F)n1)Nc1cccc2ncc(Br)cc12. The molecule has 24 heavy (non-hydrogen) atoms. The average molecular weight is 399 g/mol. The highest BCUT2D eigenvalue weighted by molar-refractivity contribution is 9.10. The molecule has 0 aliphatic carbocycles. The van der Waals surface area contributed by atoms with E-state index < -0.39 is 17.8 Å². The number of aromatic nitrogens is 3. The Bertz CT molecular complexity index is 907. The van der Waals surface area contributed by atoms with Crippen LogP contribution in [0.5, 0.6) is 0 Å². The molecule has 0 saturated carbocycles. The second-order valence-electron chi connectivity index (χ2n) is 4.97. The van der Waals surface area contributed by atoms with Crippen molar-refractivity contribution in [2.24, 2.45) is 0 Å². The van der Waals surface area contributed by atoms with Crippen LogP contribution in [0.1, 0.15) is 5.69 Å². The van der Waals surface area contributed by atoms with E-state index in [4.69, 9.17) is 0 Å². The Morgan fingerprint density at radius 2 is 2.08 bits per heavy atom. The van der Waals surface area contributed by atoms with Gasteiger partial charge in [-0.25, -0.2) is 0 Å². The molecule has 3 aromatic rings. The van der Waals surface area contributed by atoms with E-state index >= 15 is 0 Å². The van der Waals surface area contributed by atoms with Crippen molar-refractivity contribution in [2.45, 2.75) is 12.7 Å². The van der Waals surface area contributed by atoms with Crippen LogP contribution in [0.25, 0.3) is 10.9 Å². The molecule has 0 aliphatic heterocycles. The lowest BCUT2D eigenvalue weighted by atomic mass is 10.2. The first-order valence-electron chi connectivity index (χ1n) is 6.78. The van der Waals surface area contributed by atoms with E-state index in [2.05, 4.69) is 31.3 Å². The van der Waals surface area contributed by atoms with Crippen LogP contribution >= 0.6 is 15.9 Å². The minimum atomic E-state index is -4.53. The standard InChI is InChI=1S/C15H10BrF3N4O/c16-9-6-10-11(20-7-9)2-1-3-12(10)21-14(24)8-23-5-4-13(22-23)15(17,18)19/h1-7H,8H2,(H,21,24). The number of amides is 1. The van der Waals surface area contributed by atoms with Crippen molar-refractivity contribution in [1.82, 2.24) is 14.8 Å². The fourth-order valence-electron chi connectivity index (χ4n) is 2.17. The van der Waals surface area contributed by atoms with Crippen LogP contribution in [-0.2, 0) is 17.5 Å². The number of nitrogens with zero attached hydrogens (tertiary/aromatic N) is 3. The first-order chi connectivity index (χ1) is 11.3. The van der Waals surface area contributed by atoms with E-state index in [0.717, 1.165) is 26.8 Å². The molecule has 3 rings (SSSR count). The maximum atomic E-state index is 12.5. The minimum Gasteiger partial charge on any atom is -0.324 e. The van der Waals surface area contributed by atoms with Crippen molar-refractivity contribution < 1.29 is 18.0 Å². The zero-order valence-electron chi connectivity index (χ0n) is 12.0. The zero-order chi connectivity index (χ0) is 17.3. The first-order valence-corrected chi connectivity index (χ1v) is 7.57. The van der Waals surface area contributed by atoms with Gasteiger partial charge in [-0.2, -0.15) is 18.3 Å². The quantitative estimate of drug-likeness (QED) is 0.728. The highest BCUT2D eigenvalue weighted by Gasteiger charge is 2.33. The zero-order valence-corrected chi connectivity index (χ0v) is 13.6. The third-order valence-electron chi connectivity index (χ3n) is 3.20. The Balaban J connectivity index is 1.78. The maximum Gasteiger partial charge on any atom is 0.435 e. The molecule has 2 aromatic heterocycles. The Labute approximate surface area is 142 Å². The molecule has 0 atom stereocenters. The molecule has 0 spiro atoms. The van der Waals surface area contributed by atoms with Crippen LogP contribution in [0.3, 0.4) is 0 Å². The molecule has 0 bridgehead atoms. The number of benzene rings is 1. The van der Waals surface area contributed by atoms with Crippen molar-refractivity contribution in [1.29, 1.82) is 0 Å². The minimum absolute atomic E-state index is 0.325. The number of alkyl halides is 3.